The maximum Gasteiger partial charge on any atom is 0.264 e. The molecule has 1 amide bonds. The average molecular weight is 428 g/mol. The molecule has 0 bridgehead atoms. The Kier molecular flexibility index (Phi) is 6.03. The number of aromatic nitrogens is 1. The van der Waals surface area contributed by atoms with Crippen LogP contribution in [0.5, 0.6) is 5.75 Å². The summed E-state index contributed by atoms with van der Waals surface area (Å²) < 4.78 is 6.08. The lowest BCUT2D eigenvalue weighted by atomic mass is 9.95. The SMILES string of the molecule is CC1(C(=O)NC(CC(=N)c2cccnc2)c2ccccc2O)CC=C(c2ccccc2)O1. The van der Waals surface area contributed by atoms with Crippen LogP contribution in [0.3, 0.4) is 0 Å². The van der Waals surface area contributed by atoms with E-state index in [1.54, 1.807) is 55.7 Å². The number of nitrogens with zero attached hydrogens (tertiary/aromatic N) is 1. The highest BCUT2D eigenvalue weighted by molar-refractivity contribution is 5.99. The van der Waals surface area contributed by atoms with Gasteiger partial charge in [0, 0.05) is 47.6 Å². The third-order valence-corrected chi connectivity index (χ3v) is 5.59. The molecule has 4 rings (SSSR count). The van der Waals surface area contributed by atoms with Crippen LogP contribution in [-0.4, -0.2) is 27.3 Å². The van der Waals surface area contributed by atoms with Crippen LogP contribution in [-0.2, 0) is 9.53 Å². The van der Waals surface area contributed by atoms with E-state index in [2.05, 4.69) is 10.3 Å². The van der Waals surface area contributed by atoms with Gasteiger partial charge in [-0.2, -0.15) is 0 Å². The highest BCUT2D eigenvalue weighted by Crippen LogP contribution is 2.35. The largest absolute Gasteiger partial charge is 0.508 e. The highest BCUT2D eigenvalue weighted by Gasteiger charge is 2.40. The summed E-state index contributed by atoms with van der Waals surface area (Å²) in [5.74, 6) is 0.440. The molecule has 0 aliphatic carbocycles. The zero-order valence-electron chi connectivity index (χ0n) is 17.8. The molecular formula is C26H25N3O3. The first-order valence-corrected chi connectivity index (χ1v) is 10.5. The van der Waals surface area contributed by atoms with Crippen molar-refractivity contribution in [2.75, 3.05) is 0 Å². The summed E-state index contributed by atoms with van der Waals surface area (Å²) in [4.78, 5) is 17.4. The van der Waals surface area contributed by atoms with Gasteiger partial charge in [-0.1, -0.05) is 54.6 Å². The van der Waals surface area contributed by atoms with Crippen molar-refractivity contribution >= 4 is 17.4 Å². The van der Waals surface area contributed by atoms with Gasteiger partial charge in [0.1, 0.15) is 11.5 Å². The standard InChI is InChI=1S/C26H25N3O3/c1-26(14-13-24(32-26)18-8-3-2-4-9-18)25(31)29-22(20-11-5-6-12-23(20)30)16-21(27)19-10-7-15-28-17-19/h2-13,15,17,22,27,30H,14,16H2,1H3,(H,29,31). The highest BCUT2D eigenvalue weighted by atomic mass is 16.5. The number of benzene rings is 2. The fourth-order valence-corrected chi connectivity index (χ4v) is 3.73. The third kappa shape index (κ3) is 4.54. The molecule has 162 valence electrons. The summed E-state index contributed by atoms with van der Waals surface area (Å²) in [6, 6.07) is 19.5. The quantitative estimate of drug-likeness (QED) is 0.479. The smallest absolute Gasteiger partial charge is 0.264 e. The predicted octanol–water partition coefficient (Wildman–Crippen LogP) is 4.62. The van der Waals surface area contributed by atoms with E-state index in [9.17, 15) is 9.90 Å². The molecule has 2 heterocycles. The number of phenols is 1. The first-order valence-electron chi connectivity index (χ1n) is 10.5. The van der Waals surface area contributed by atoms with Crippen molar-refractivity contribution in [2.45, 2.75) is 31.4 Å². The summed E-state index contributed by atoms with van der Waals surface area (Å²) in [5, 5.41) is 21.9. The lowest BCUT2D eigenvalue weighted by molar-refractivity contribution is -0.136. The van der Waals surface area contributed by atoms with E-state index in [-0.39, 0.29) is 18.1 Å². The third-order valence-electron chi connectivity index (χ3n) is 5.59. The molecule has 6 heteroatoms. The number of carbonyl (C=O) groups is 1. The fraction of sp³-hybridized carbons (Fsp3) is 0.192. The molecular weight excluding hydrogens is 402 g/mol. The molecule has 0 spiro atoms. The maximum absolute atomic E-state index is 13.3. The van der Waals surface area contributed by atoms with Gasteiger partial charge < -0.3 is 20.6 Å². The molecule has 2 atom stereocenters. The van der Waals surface area contributed by atoms with Gasteiger partial charge in [-0.05, 0) is 25.1 Å². The number of phenolic OH excluding ortho intramolecular Hbond substituents is 1. The number of ether oxygens (including phenoxy) is 1. The van der Waals surface area contributed by atoms with Crippen molar-refractivity contribution in [1.29, 1.82) is 5.41 Å². The minimum atomic E-state index is -1.08. The summed E-state index contributed by atoms with van der Waals surface area (Å²) in [5.41, 5.74) is 1.36. The monoisotopic (exact) mass is 427 g/mol. The number of amides is 1. The molecule has 1 aromatic heterocycles. The first-order chi connectivity index (χ1) is 15.5. The summed E-state index contributed by atoms with van der Waals surface area (Å²) in [6.45, 7) is 1.75. The van der Waals surface area contributed by atoms with Gasteiger partial charge in [0.2, 0.25) is 0 Å². The van der Waals surface area contributed by atoms with E-state index in [0.29, 0.717) is 29.0 Å². The lowest BCUT2D eigenvalue weighted by Crippen LogP contribution is -2.46. The zero-order chi connectivity index (χ0) is 22.6. The van der Waals surface area contributed by atoms with Crippen LogP contribution in [0, 0.1) is 5.41 Å². The predicted molar refractivity (Wildman–Crippen MR) is 123 cm³/mol. The van der Waals surface area contributed by atoms with Gasteiger partial charge in [-0.25, -0.2) is 0 Å². The fourth-order valence-electron chi connectivity index (χ4n) is 3.73. The van der Waals surface area contributed by atoms with E-state index < -0.39 is 11.6 Å². The minimum absolute atomic E-state index is 0.0670. The summed E-state index contributed by atoms with van der Waals surface area (Å²) in [6.07, 6.45) is 5.81. The van der Waals surface area contributed by atoms with Gasteiger partial charge in [-0.3, -0.25) is 9.78 Å². The number of nitrogens with one attached hydrogen (secondary N) is 2. The number of rotatable bonds is 7. The number of hydrogen-bond donors (Lipinski definition) is 3. The molecule has 0 saturated heterocycles. The molecule has 0 saturated carbocycles. The molecule has 0 fully saturated rings. The van der Waals surface area contributed by atoms with Gasteiger partial charge in [-0.15, -0.1) is 0 Å². The molecule has 3 aromatic rings. The molecule has 2 aromatic carbocycles. The Labute approximate surface area is 187 Å². The Hall–Kier alpha value is -3.93. The minimum Gasteiger partial charge on any atom is -0.508 e. The van der Waals surface area contributed by atoms with E-state index in [4.69, 9.17) is 10.1 Å². The van der Waals surface area contributed by atoms with Crippen molar-refractivity contribution in [2.24, 2.45) is 0 Å². The van der Waals surface area contributed by atoms with Crippen molar-refractivity contribution in [1.82, 2.24) is 10.3 Å². The molecule has 0 radical (unpaired) electrons. The average Bonchev–Trinajstić information content (AvgIpc) is 3.23. The van der Waals surface area contributed by atoms with Crippen LogP contribution < -0.4 is 5.32 Å². The molecule has 2 unspecified atom stereocenters. The second-order valence-corrected chi connectivity index (χ2v) is 7.98. The topological polar surface area (TPSA) is 95.3 Å². The second kappa shape index (κ2) is 9.06. The van der Waals surface area contributed by atoms with Gasteiger partial charge in [0.25, 0.3) is 5.91 Å². The van der Waals surface area contributed by atoms with E-state index in [0.717, 1.165) is 5.56 Å². The molecule has 6 nitrogen and oxygen atoms in total. The van der Waals surface area contributed by atoms with E-state index in [1.165, 1.54) is 0 Å². The normalized spacial score (nSPS) is 18.3. The van der Waals surface area contributed by atoms with Crippen molar-refractivity contribution in [3.8, 4) is 5.75 Å². The van der Waals surface area contributed by atoms with Crippen LogP contribution in [0.1, 0.15) is 42.5 Å². The Morgan fingerprint density at radius 2 is 1.91 bits per heavy atom. The number of pyridine rings is 1. The number of para-hydroxylation sites is 1. The van der Waals surface area contributed by atoms with Crippen LogP contribution >= 0.6 is 0 Å². The van der Waals surface area contributed by atoms with Gasteiger partial charge in [0.05, 0.1) is 6.04 Å². The van der Waals surface area contributed by atoms with Crippen LogP contribution in [0.25, 0.3) is 5.76 Å². The van der Waals surface area contributed by atoms with Gasteiger partial charge >= 0.3 is 0 Å². The summed E-state index contributed by atoms with van der Waals surface area (Å²) >= 11 is 0. The number of hydrogen-bond acceptors (Lipinski definition) is 5. The van der Waals surface area contributed by atoms with Crippen molar-refractivity contribution < 1.29 is 14.6 Å². The lowest BCUT2D eigenvalue weighted by Gasteiger charge is -2.28. The maximum atomic E-state index is 13.3. The zero-order valence-corrected chi connectivity index (χ0v) is 17.8. The Balaban J connectivity index is 1.54. The Bertz CT molecular complexity index is 1150. The number of aromatic hydroxyl groups is 1. The summed E-state index contributed by atoms with van der Waals surface area (Å²) in [7, 11) is 0. The molecule has 1 aliphatic rings. The van der Waals surface area contributed by atoms with Gasteiger partial charge in [0.15, 0.2) is 5.60 Å². The van der Waals surface area contributed by atoms with Crippen LogP contribution in [0.2, 0.25) is 0 Å². The Morgan fingerprint density at radius 3 is 2.62 bits per heavy atom. The Morgan fingerprint density at radius 1 is 1.16 bits per heavy atom. The second-order valence-electron chi connectivity index (χ2n) is 7.98. The molecule has 32 heavy (non-hydrogen) atoms. The van der Waals surface area contributed by atoms with E-state index >= 15 is 0 Å². The van der Waals surface area contributed by atoms with E-state index in [1.807, 2.05) is 36.4 Å². The first kappa shape index (κ1) is 21.3. The molecule has 3 N–H and O–H groups in total. The van der Waals surface area contributed by atoms with Crippen molar-refractivity contribution in [3.05, 3.63) is 102 Å². The molecule has 1 aliphatic heterocycles. The van der Waals surface area contributed by atoms with Crippen molar-refractivity contribution in [3.63, 3.8) is 0 Å². The van der Waals surface area contributed by atoms with Crippen LogP contribution in [0.15, 0.2) is 85.2 Å². The number of carbonyl (C=O) groups excluding carboxylic acids is 1. The van der Waals surface area contributed by atoms with Crippen LogP contribution in [0.4, 0.5) is 0 Å².